The first-order valence-electron chi connectivity index (χ1n) is 5.92. The van der Waals surface area contributed by atoms with Gasteiger partial charge in [-0.1, -0.05) is 18.2 Å². The minimum atomic E-state index is -3.73. The lowest BCUT2D eigenvalue weighted by Gasteiger charge is -2.06. The van der Waals surface area contributed by atoms with Crippen LogP contribution in [0, 0.1) is 5.82 Å². The molecule has 0 amide bonds. The molecule has 0 unspecified atom stereocenters. The molecule has 6 nitrogen and oxygen atoms in total. The van der Waals surface area contributed by atoms with Crippen LogP contribution in [0.25, 0.3) is 0 Å². The Morgan fingerprint density at radius 1 is 1.40 bits per heavy atom. The second kappa shape index (κ2) is 5.59. The number of aryl methyl sites for hydroxylation is 1. The number of nitrogen functional groups attached to an aromatic ring is 1. The Morgan fingerprint density at radius 2 is 2.10 bits per heavy atom. The van der Waals surface area contributed by atoms with Crippen LogP contribution >= 0.6 is 0 Å². The average molecular weight is 298 g/mol. The summed E-state index contributed by atoms with van der Waals surface area (Å²) in [7, 11) is -2.16. The van der Waals surface area contributed by atoms with Crippen molar-refractivity contribution in [2.24, 2.45) is 7.05 Å². The van der Waals surface area contributed by atoms with Gasteiger partial charge >= 0.3 is 0 Å². The van der Waals surface area contributed by atoms with Crippen LogP contribution in [0.2, 0.25) is 0 Å². The monoisotopic (exact) mass is 298 g/mol. The zero-order chi connectivity index (χ0) is 14.8. The highest BCUT2D eigenvalue weighted by atomic mass is 32.2. The number of nitrogens with one attached hydrogen (secondary N) is 1. The molecule has 0 radical (unpaired) electrons. The standard InChI is InChI=1S/C12H15FN4O2S/c1-17-8-11(12(14)16-17)20(18,19)15-7-6-9-4-2-3-5-10(9)13/h2-5,8,15H,6-7H2,1H3,(H2,14,16). The van der Waals surface area contributed by atoms with Crippen LogP contribution in [-0.4, -0.2) is 24.7 Å². The van der Waals surface area contributed by atoms with Gasteiger partial charge in [0.05, 0.1) is 0 Å². The Balaban J connectivity index is 2.04. The third-order valence-electron chi connectivity index (χ3n) is 2.76. The minimum Gasteiger partial charge on any atom is -0.381 e. The van der Waals surface area contributed by atoms with Crippen LogP contribution in [0.3, 0.4) is 0 Å². The number of nitrogens with two attached hydrogens (primary N) is 1. The number of halogens is 1. The van der Waals surface area contributed by atoms with Crippen molar-refractivity contribution in [3.05, 3.63) is 41.8 Å². The van der Waals surface area contributed by atoms with Gasteiger partial charge in [-0.3, -0.25) is 4.68 Å². The molecule has 1 heterocycles. The molecule has 3 N–H and O–H groups in total. The Bertz CT molecular complexity index is 712. The van der Waals surface area contributed by atoms with E-state index in [4.69, 9.17) is 5.73 Å². The van der Waals surface area contributed by atoms with Crippen LogP contribution < -0.4 is 10.5 Å². The number of sulfonamides is 1. The summed E-state index contributed by atoms with van der Waals surface area (Å²) in [6.07, 6.45) is 1.58. The highest BCUT2D eigenvalue weighted by Crippen LogP contribution is 2.15. The van der Waals surface area contributed by atoms with Gasteiger partial charge in [0.1, 0.15) is 10.7 Å². The van der Waals surface area contributed by atoms with E-state index in [2.05, 4.69) is 9.82 Å². The van der Waals surface area contributed by atoms with Gasteiger partial charge in [0.2, 0.25) is 10.0 Å². The molecule has 0 saturated heterocycles. The lowest BCUT2D eigenvalue weighted by Crippen LogP contribution is -2.26. The van der Waals surface area contributed by atoms with Crippen molar-refractivity contribution in [3.8, 4) is 0 Å². The molecule has 20 heavy (non-hydrogen) atoms. The van der Waals surface area contributed by atoms with Crippen molar-refractivity contribution in [3.63, 3.8) is 0 Å². The van der Waals surface area contributed by atoms with Crippen molar-refractivity contribution >= 4 is 15.8 Å². The molecule has 0 bridgehead atoms. The number of nitrogens with zero attached hydrogens (tertiary/aromatic N) is 2. The quantitative estimate of drug-likeness (QED) is 0.848. The summed E-state index contributed by atoms with van der Waals surface area (Å²) < 4.78 is 41.1. The lowest BCUT2D eigenvalue weighted by atomic mass is 10.1. The fourth-order valence-corrected chi connectivity index (χ4v) is 2.92. The highest BCUT2D eigenvalue weighted by molar-refractivity contribution is 7.89. The van der Waals surface area contributed by atoms with Gasteiger partial charge in [-0.05, 0) is 18.1 Å². The molecule has 1 aromatic carbocycles. The number of rotatable bonds is 5. The van der Waals surface area contributed by atoms with E-state index in [1.54, 1.807) is 25.2 Å². The number of hydrogen-bond acceptors (Lipinski definition) is 4. The third-order valence-corrected chi connectivity index (χ3v) is 4.23. The van der Waals surface area contributed by atoms with E-state index >= 15 is 0 Å². The Morgan fingerprint density at radius 3 is 2.70 bits per heavy atom. The van der Waals surface area contributed by atoms with E-state index in [1.165, 1.54) is 16.9 Å². The fraction of sp³-hybridized carbons (Fsp3) is 0.250. The summed E-state index contributed by atoms with van der Waals surface area (Å²) in [5.41, 5.74) is 5.98. The molecule has 1 aromatic heterocycles. The Hall–Kier alpha value is -1.93. The zero-order valence-corrected chi connectivity index (χ0v) is 11.7. The maximum Gasteiger partial charge on any atom is 0.245 e. The fourth-order valence-electron chi connectivity index (χ4n) is 1.79. The predicted octanol–water partition coefficient (Wildman–Crippen LogP) is 0.662. The molecule has 108 valence electrons. The topological polar surface area (TPSA) is 90.0 Å². The molecule has 0 aliphatic rings. The van der Waals surface area contributed by atoms with E-state index in [-0.39, 0.29) is 29.5 Å². The maximum absolute atomic E-state index is 13.4. The highest BCUT2D eigenvalue weighted by Gasteiger charge is 2.20. The molecule has 8 heteroatoms. The van der Waals surface area contributed by atoms with Gasteiger partial charge in [0.25, 0.3) is 0 Å². The third kappa shape index (κ3) is 3.14. The average Bonchev–Trinajstić information content (AvgIpc) is 2.72. The molecule has 2 aromatic rings. The second-order valence-corrected chi connectivity index (χ2v) is 6.03. The minimum absolute atomic E-state index is 0.0640. The molecule has 0 aliphatic heterocycles. The van der Waals surface area contributed by atoms with E-state index < -0.39 is 10.0 Å². The summed E-state index contributed by atoms with van der Waals surface area (Å²) in [5.74, 6) is -0.418. The zero-order valence-electron chi connectivity index (χ0n) is 10.9. The van der Waals surface area contributed by atoms with E-state index in [0.29, 0.717) is 5.56 Å². The van der Waals surface area contributed by atoms with Gasteiger partial charge in [-0.15, -0.1) is 0 Å². The largest absolute Gasteiger partial charge is 0.381 e. The number of hydrogen-bond donors (Lipinski definition) is 2. The smallest absolute Gasteiger partial charge is 0.245 e. The number of benzene rings is 1. The molecular formula is C12H15FN4O2S. The van der Waals surface area contributed by atoms with Crippen molar-refractivity contribution in [1.29, 1.82) is 0 Å². The van der Waals surface area contributed by atoms with E-state index in [9.17, 15) is 12.8 Å². The second-order valence-electron chi connectivity index (χ2n) is 4.29. The maximum atomic E-state index is 13.4. The molecule has 0 spiro atoms. The van der Waals surface area contributed by atoms with Gasteiger partial charge in [-0.2, -0.15) is 5.10 Å². The first-order chi connectivity index (χ1) is 9.40. The van der Waals surface area contributed by atoms with Gasteiger partial charge < -0.3 is 5.73 Å². The van der Waals surface area contributed by atoms with Crippen molar-refractivity contribution in [2.45, 2.75) is 11.3 Å². The summed E-state index contributed by atoms with van der Waals surface area (Å²) in [6.45, 7) is 0.0810. The van der Waals surface area contributed by atoms with Crippen molar-refractivity contribution in [1.82, 2.24) is 14.5 Å². The molecule has 0 saturated carbocycles. The van der Waals surface area contributed by atoms with Crippen LogP contribution in [-0.2, 0) is 23.5 Å². The normalized spacial score (nSPS) is 11.7. The van der Waals surface area contributed by atoms with Crippen LogP contribution in [0.5, 0.6) is 0 Å². The SMILES string of the molecule is Cn1cc(S(=O)(=O)NCCc2ccccc2F)c(N)n1. The first-order valence-corrected chi connectivity index (χ1v) is 7.40. The van der Waals surface area contributed by atoms with E-state index in [0.717, 1.165) is 0 Å². The number of aromatic nitrogens is 2. The summed E-state index contributed by atoms with van der Waals surface area (Å²) in [5, 5.41) is 3.77. The van der Waals surface area contributed by atoms with Gasteiger partial charge in [0.15, 0.2) is 5.82 Å². The first kappa shape index (κ1) is 14.5. The molecular weight excluding hydrogens is 283 g/mol. The predicted molar refractivity (Wildman–Crippen MR) is 72.9 cm³/mol. The molecule has 0 fully saturated rings. The summed E-state index contributed by atoms with van der Waals surface area (Å²) >= 11 is 0. The summed E-state index contributed by atoms with van der Waals surface area (Å²) in [4.78, 5) is -0.0754. The molecule has 2 rings (SSSR count). The van der Waals surface area contributed by atoms with Crippen molar-refractivity contribution < 1.29 is 12.8 Å². The van der Waals surface area contributed by atoms with Crippen LogP contribution in [0.4, 0.5) is 10.2 Å². The molecule has 0 aliphatic carbocycles. The van der Waals surface area contributed by atoms with Gasteiger partial charge in [-0.25, -0.2) is 17.5 Å². The molecule has 0 atom stereocenters. The van der Waals surface area contributed by atoms with Gasteiger partial charge in [0, 0.05) is 19.8 Å². The lowest BCUT2D eigenvalue weighted by molar-refractivity contribution is 0.577. The van der Waals surface area contributed by atoms with E-state index in [1.807, 2.05) is 0 Å². The Labute approximate surface area is 116 Å². The number of anilines is 1. The Kier molecular flexibility index (Phi) is 4.05. The van der Waals surface area contributed by atoms with Crippen LogP contribution in [0.1, 0.15) is 5.56 Å². The summed E-state index contributed by atoms with van der Waals surface area (Å²) in [6, 6.07) is 6.23. The van der Waals surface area contributed by atoms with Crippen molar-refractivity contribution in [2.75, 3.05) is 12.3 Å². The van der Waals surface area contributed by atoms with Crippen LogP contribution in [0.15, 0.2) is 35.4 Å².